The fourth-order valence-corrected chi connectivity index (χ4v) is 2.54. The van der Waals surface area contributed by atoms with Crippen LogP contribution in [0.3, 0.4) is 0 Å². The van der Waals surface area contributed by atoms with Crippen LogP contribution in [0.25, 0.3) is 10.9 Å². The summed E-state index contributed by atoms with van der Waals surface area (Å²) in [6, 6.07) is 12.1. The maximum Gasteiger partial charge on any atom is 0.310 e. The SMILES string of the molecule is Cc1ccc(NC(=O)COC(=O)Cc2c[nH]c3ccccc23)c(F)c1. The van der Waals surface area contributed by atoms with Crippen molar-refractivity contribution in [3.05, 3.63) is 65.6 Å². The number of carbonyl (C=O) groups is 2. The second kappa shape index (κ2) is 7.17. The van der Waals surface area contributed by atoms with E-state index < -0.39 is 24.3 Å². The molecule has 0 unspecified atom stereocenters. The highest BCUT2D eigenvalue weighted by Crippen LogP contribution is 2.18. The first-order valence-electron chi connectivity index (χ1n) is 7.79. The van der Waals surface area contributed by atoms with Gasteiger partial charge in [0.1, 0.15) is 5.82 Å². The van der Waals surface area contributed by atoms with Gasteiger partial charge in [0.15, 0.2) is 6.61 Å². The molecule has 0 aliphatic heterocycles. The van der Waals surface area contributed by atoms with Crippen molar-refractivity contribution in [3.8, 4) is 0 Å². The Morgan fingerprint density at radius 3 is 2.80 bits per heavy atom. The van der Waals surface area contributed by atoms with Crippen LogP contribution in [-0.4, -0.2) is 23.5 Å². The van der Waals surface area contributed by atoms with Crippen molar-refractivity contribution in [1.29, 1.82) is 0 Å². The highest BCUT2D eigenvalue weighted by molar-refractivity contribution is 5.93. The number of aromatic nitrogens is 1. The molecule has 0 spiro atoms. The molecule has 6 heteroatoms. The summed E-state index contributed by atoms with van der Waals surface area (Å²) >= 11 is 0. The van der Waals surface area contributed by atoms with Gasteiger partial charge in [0.2, 0.25) is 0 Å². The number of esters is 1. The Bertz CT molecular complexity index is 933. The molecule has 0 radical (unpaired) electrons. The van der Waals surface area contributed by atoms with E-state index in [1.54, 1.807) is 19.2 Å². The molecule has 2 aromatic carbocycles. The van der Waals surface area contributed by atoms with Gasteiger partial charge in [-0.15, -0.1) is 0 Å². The standard InChI is InChI=1S/C19H17FN2O3/c1-12-6-7-17(15(20)8-12)22-18(23)11-25-19(24)9-13-10-21-16-5-3-2-4-14(13)16/h2-8,10,21H,9,11H2,1H3,(H,22,23). The molecule has 0 bridgehead atoms. The zero-order valence-electron chi connectivity index (χ0n) is 13.6. The molecular formula is C19H17FN2O3. The van der Waals surface area contributed by atoms with Gasteiger partial charge < -0.3 is 15.0 Å². The van der Waals surface area contributed by atoms with E-state index in [0.717, 1.165) is 22.0 Å². The van der Waals surface area contributed by atoms with Crippen molar-refractivity contribution in [1.82, 2.24) is 4.98 Å². The summed E-state index contributed by atoms with van der Waals surface area (Å²) in [5.74, 6) is -1.64. The van der Waals surface area contributed by atoms with E-state index in [0.29, 0.717) is 0 Å². The summed E-state index contributed by atoms with van der Waals surface area (Å²) in [5, 5.41) is 3.32. The molecular weight excluding hydrogens is 323 g/mol. The normalized spacial score (nSPS) is 10.6. The first-order valence-corrected chi connectivity index (χ1v) is 7.79. The molecule has 0 fully saturated rings. The average Bonchev–Trinajstić information content (AvgIpc) is 2.99. The van der Waals surface area contributed by atoms with Crippen molar-refractivity contribution < 1.29 is 18.7 Å². The van der Waals surface area contributed by atoms with E-state index in [2.05, 4.69) is 10.3 Å². The van der Waals surface area contributed by atoms with Gasteiger partial charge in [0, 0.05) is 17.1 Å². The number of aryl methyl sites for hydroxylation is 1. The third kappa shape index (κ3) is 4.03. The van der Waals surface area contributed by atoms with E-state index in [9.17, 15) is 14.0 Å². The predicted octanol–water partition coefficient (Wildman–Crippen LogP) is 3.34. The van der Waals surface area contributed by atoms with E-state index in [1.165, 1.54) is 12.1 Å². The van der Waals surface area contributed by atoms with E-state index >= 15 is 0 Å². The van der Waals surface area contributed by atoms with Gasteiger partial charge >= 0.3 is 5.97 Å². The lowest BCUT2D eigenvalue weighted by molar-refractivity contribution is -0.146. The molecule has 25 heavy (non-hydrogen) atoms. The van der Waals surface area contributed by atoms with Crippen LogP contribution < -0.4 is 5.32 Å². The van der Waals surface area contributed by atoms with Crippen LogP contribution in [-0.2, 0) is 20.7 Å². The number of nitrogens with one attached hydrogen (secondary N) is 2. The van der Waals surface area contributed by atoms with Gasteiger partial charge in [-0.2, -0.15) is 0 Å². The number of aromatic amines is 1. The number of hydrogen-bond donors (Lipinski definition) is 2. The number of amides is 1. The Morgan fingerprint density at radius 2 is 2.00 bits per heavy atom. The number of ether oxygens (including phenoxy) is 1. The molecule has 3 rings (SSSR count). The van der Waals surface area contributed by atoms with Crippen molar-refractivity contribution in [3.63, 3.8) is 0 Å². The first kappa shape index (κ1) is 16.7. The van der Waals surface area contributed by atoms with E-state index in [1.807, 2.05) is 24.3 Å². The predicted molar refractivity (Wildman–Crippen MR) is 92.7 cm³/mol. The molecule has 1 amide bonds. The third-order valence-corrected chi connectivity index (χ3v) is 3.77. The van der Waals surface area contributed by atoms with Crippen molar-refractivity contribution in [2.75, 3.05) is 11.9 Å². The number of fused-ring (bicyclic) bond motifs is 1. The second-order valence-electron chi connectivity index (χ2n) is 5.73. The molecule has 0 atom stereocenters. The van der Waals surface area contributed by atoms with Gasteiger partial charge in [-0.1, -0.05) is 24.3 Å². The lowest BCUT2D eigenvalue weighted by Gasteiger charge is -2.08. The topological polar surface area (TPSA) is 71.2 Å². The largest absolute Gasteiger partial charge is 0.455 e. The number of carbonyl (C=O) groups excluding carboxylic acids is 2. The molecule has 3 aromatic rings. The number of anilines is 1. The minimum absolute atomic E-state index is 0.0518. The molecule has 0 saturated carbocycles. The Balaban J connectivity index is 1.54. The Morgan fingerprint density at radius 1 is 1.20 bits per heavy atom. The number of benzene rings is 2. The monoisotopic (exact) mass is 340 g/mol. The second-order valence-corrected chi connectivity index (χ2v) is 5.73. The molecule has 128 valence electrons. The fourth-order valence-electron chi connectivity index (χ4n) is 2.54. The maximum absolute atomic E-state index is 13.7. The lowest BCUT2D eigenvalue weighted by atomic mass is 10.1. The zero-order valence-corrected chi connectivity index (χ0v) is 13.6. The molecule has 1 heterocycles. The molecule has 0 aliphatic rings. The molecule has 1 aromatic heterocycles. The Kier molecular flexibility index (Phi) is 4.79. The van der Waals surface area contributed by atoms with Gasteiger partial charge in [0.25, 0.3) is 5.91 Å². The quantitative estimate of drug-likeness (QED) is 0.700. The van der Waals surface area contributed by atoms with Crippen LogP contribution in [0.4, 0.5) is 10.1 Å². The van der Waals surface area contributed by atoms with Crippen molar-refractivity contribution in [2.24, 2.45) is 0 Å². The summed E-state index contributed by atoms with van der Waals surface area (Å²) in [5.41, 5.74) is 2.53. The van der Waals surface area contributed by atoms with Crippen LogP contribution in [0.1, 0.15) is 11.1 Å². The number of halogens is 1. The smallest absolute Gasteiger partial charge is 0.310 e. The van der Waals surface area contributed by atoms with E-state index in [-0.39, 0.29) is 12.1 Å². The van der Waals surface area contributed by atoms with Crippen LogP contribution in [0.2, 0.25) is 0 Å². The highest BCUT2D eigenvalue weighted by atomic mass is 19.1. The zero-order chi connectivity index (χ0) is 17.8. The molecule has 2 N–H and O–H groups in total. The minimum atomic E-state index is -0.588. The first-order chi connectivity index (χ1) is 12.0. The van der Waals surface area contributed by atoms with Gasteiger partial charge in [-0.3, -0.25) is 9.59 Å². The summed E-state index contributed by atoms with van der Waals surface area (Å²) in [7, 11) is 0. The highest BCUT2D eigenvalue weighted by Gasteiger charge is 2.13. The molecule has 5 nitrogen and oxygen atoms in total. The summed E-state index contributed by atoms with van der Waals surface area (Å²) in [6.45, 7) is 1.29. The minimum Gasteiger partial charge on any atom is -0.455 e. The number of H-pyrrole nitrogens is 1. The third-order valence-electron chi connectivity index (χ3n) is 3.77. The van der Waals surface area contributed by atoms with Crippen LogP contribution in [0.5, 0.6) is 0 Å². The molecule has 0 saturated heterocycles. The van der Waals surface area contributed by atoms with Crippen molar-refractivity contribution >= 4 is 28.5 Å². The van der Waals surface area contributed by atoms with Gasteiger partial charge in [-0.25, -0.2) is 4.39 Å². The fraction of sp³-hybridized carbons (Fsp3) is 0.158. The maximum atomic E-state index is 13.7. The lowest BCUT2D eigenvalue weighted by Crippen LogP contribution is -2.22. The number of rotatable bonds is 5. The molecule has 0 aliphatic carbocycles. The summed E-state index contributed by atoms with van der Waals surface area (Å²) < 4.78 is 18.7. The number of para-hydroxylation sites is 1. The average molecular weight is 340 g/mol. The number of hydrogen-bond acceptors (Lipinski definition) is 3. The Hall–Kier alpha value is -3.15. The van der Waals surface area contributed by atoms with Crippen LogP contribution >= 0.6 is 0 Å². The Labute approximate surface area is 143 Å². The van der Waals surface area contributed by atoms with E-state index in [4.69, 9.17) is 4.74 Å². The van der Waals surface area contributed by atoms with Crippen LogP contribution in [0, 0.1) is 12.7 Å². The summed E-state index contributed by atoms with van der Waals surface area (Å²) in [6.07, 6.45) is 1.80. The van der Waals surface area contributed by atoms with Crippen molar-refractivity contribution in [2.45, 2.75) is 13.3 Å². The summed E-state index contributed by atoms with van der Waals surface area (Å²) in [4.78, 5) is 26.8. The van der Waals surface area contributed by atoms with Gasteiger partial charge in [-0.05, 0) is 36.2 Å². The van der Waals surface area contributed by atoms with Gasteiger partial charge in [0.05, 0.1) is 12.1 Å². The van der Waals surface area contributed by atoms with Crippen LogP contribution in [0.15, 0.2) is 48.7 Å².